The molecule has 0 aliphatic rings. The molecule has 4 nitrogen and oxygen atoms in total. The van der Waals surface area contributed by atoms with Crippen molar-refractivity contribution < 1.29 is 9.59 Å². The van der Waals surface area contributed by atoms with Crippen LogP contribution >= 0.6 is 0 Å². The molecule has 0 saturated heterocycles. The predicted molar refractivity (Wildman–Crippen MR) is 60.4 cm³/mol. The molecule has 0 radical (unpaired) electrons. The van der Waals surface area contributed by atoms with Gasteiger partial charge in [-0.15, -0.1) is 0 Å². The lowest BCUT2D eigenvalue weighted by Crippen LogP contribution is -2.47. The largest absolute Gasteiger partial charge is 0.352 e. The Kier molecular flexibility index (Phi) is 5.97. The van der Waals surface area contributed by atoms with Gasteiger partial charge in [0.05, 0.1) is 0 Å². The van der Waals surface area contributed by atoms with E-state index in [4.69, 9.17) is 0 Å². The molecule has 0 rings (SSSR count). The van der Waals surface area contributed by atoms with Crippen molar-refractivity contribution in [2.24, 2.45) is 0 Å². The Bertz CT molecular complexity index is 227. The topological polar surface area (TPSA) is 49.4 Å². The Morgan fingerprint density at radius 3 is 2.20 bits per heavy atom. The Hall–Kier alpha value is -1.06. The number of amides is 2. The van der Waals surface area contributed by atoms with Crippen LogP contribution in [0.25, 0.3) is 0 Å². The van der Waals surface area contributed by atoms with Gasteiger partial charge in [-0.2, -0.15) is 0 Å². The number of carbonyl (C=O) groups excluding carboxylic acids is 2. The van der Waals surface area contributed by atoms with Crippen LogP contribution in [-0.2, 0) is 9.59 Å². The van der Waals surface area contributed by atoms with Crippen LogP contribution in [0.3, 0.4) is 0 Å². The third-order valence-corrected chi connectivity index (χ3v) is 2.25. The summed E-state index contributed by atoms with van der Waals surface area (Å²) in [6.45, 7) is 7.49. The quantitative estimate of drug-likeness (QED) is 0.746. The smallest absolute Gasteiger partial charge is 0.242 e. The van der Waals surface area contributed by atoms with E-state index >= 15 is 0 Å². The second-order valence-corrected chi connectivity index (χ2v) is 4.09. The maximum absolute atomic E-state index is 11.6. The van der Waals surface area contributed by atoms with Crippen LogP contribution in [0.5, 0.6) is 0 Å². The van der Waals surface area contributed by atoms with Gasteiger partial charge >= 0.3 is 0 Å². The highest BCUT2D eigenvalue weighted by atomic mass is 16.2. The molecule has 1 atom stereocenters. The summed E-state index contributed by atoms with van der Waals surface area (Å²) in [5.41, 5.74) is 0. The van der Waals surface area contributed by atoms with E-state index in [-0.39, 0.29) is 17.9 Å². The normalized spacial score (nSPS) is 12.4. The van der Waals surface area contributed by atoms with Crippen LogP contribution in [0.4, 0.5) is 0 Å². The standard InChI is InChI=1S/C11H22N2O2/c1-6-7-10(14)13(5)9(4)11(15)12-8(2)3/h8-9H,6-7H2,1-5H3,(H,12,15). The van der Waals surface area contributed by atoms with Crippen LogP contribution in [0.1, 0.15) is 40.5 Å². The fourth-order valence-corrected chi connectivity index (χ4v) is 1.19. The van der Waals surface area contributed by atoms with Gasteiger partial charge in [-0.1, -0.05) is 6.92 Å². The fraction of sp³-hybridized carbons (Fsp3) is 0.818. The molecular weight excluding hydrogens is 192 g/mol. The van der Waals surface area contributed by atoms with Crippen LogP contribution in [0.15, 0.2) is 0 Å². The predicted octanol–water partition coefficient (Wildman–Crippen LogP) is 1.16. The highest BCUT2D eigenvalue weighted by molar-refractivity contribution is 5.87. The van der Waals surface area contributed by atoms with Gasteiger partial charge in [0.25, 0.3) is 0 Å². The average Bonchev–Trinajstić information content (AvgIpc) is 2.14. The number of rotatable bonds is 5. The first-order valence-corrected chi connectivity index (χ1v) is 5.46. The van der Waals surface area contributed by atoms with Crippen molar-refractivity contribution in [3.8, 4) is 0 Å². The number of nitrogens with one attached hydrogen (secondary N) is 1. The van der Waals surface area contributed by atoms with E-state index < -0.39 is 6.04 Å². The first-order valence-electron chi connectivity index (χ1n) is 5.46. The molecule has 0 saturated carbocycles. The molecule has 0 spiro atoms. The Morgan fingerprint density at radius 2 is 1.80 bits per heavy atom. The lowest BCUT2D eigenvalue weighted by Gasteiger charge is -2.24. The molecule has 88 valence electrons. The van der Waals surface area contributed by atoms with E-state index in [0.29, 0.717) is 6.42 Å². The number of hydrogen-bond donors (Lipinski definition) is 1. The van der Waals surface area contributed by atoms with Gasteiger partial charge in [-0.05, 0) is 27.2 Å². The maximum Gasteiger partial charge on any atom is 0.242 e. The van der Waals surface area contributed by atoms with E-state index in [0.717, 1.165) is 6.42 Å². The van der Waals surface area contributed by atoms with Crippen molar-refractivity contribution in [3.63, 3.8) is 0 Å². The number of likely N-dealkylation sites (N-methyl/N-ethyl adjacent to an activating group) is 1. The lowest BCUT2D eigenvalue weighted by molar-refractivity contribution is -0.138. The van der Waals surface area contributed by atoms with Gasteiger partial charge in [-0.25, -0.2) is 0 Å². The van der Waals surface area contributed by atoms with Crippen LogP contribution in [-0.4, -0.2) is 35.8 Å². The van der Waals surface area contributed by atoms with E-state index in [2.05, 4.69) is 5.32 Å². The van der Waals surface area contributed by atoms with Crippen LogP contribution < -0.4 is 5.32 Å². The second kappa shape index (κ2) is 6.43. The van der Waals surface area contributed by atoms with Gasteiger partial charge in [-0.3, -0.25) is 9.59 Å². The third-order valence-electron chi connectivity index (χ3n) is 2.25. The van der Waals surface area contributed by atoms with Crippen molar-refractivity contribution in [2.45, 2.75) is 52.6 Å². The summed E-state index contributed by atoms with van der Waals surface area (Å²) < 4.78 is 0. The van der Waals surface area contributed by atoms with Gasteiger partial charge in [0.15, 0.2) is 0 Å². The van der Waals surface area contributed by atoms with E-state index in [1.807, 2.05) is 20.8 Å². The molecule has 0 aliphatic heterocycles. The zero-order valence-corrected chi connectivity index (χ0v) is 10.3. The highest BCUT2D eigenvalue weighted by Crippen LogP contribution is 2.01. The molecule has 2 amide bonds. The zero-order valence-electron chi connectivity index (χ0n) is 10.3. The van der Waals surface area contributed by atoms with Crippen molar-refractivity contribution in [1.82, 2.24) is 10.2 Å². The first kappa shape index (κ1) is 13.9. The maximum atomic E-state index is 11.6. The van der Waals surface area contributed by atoms with Crippen molar-refractivity contribution in [3.05, 3.63) is 0 Å². The van der Waals surface area contributed by atoms with Crippen molar-refractivity contribution in [1.29, 1.82) is 0 Å². The molecule has 0 fully saturated rings. The molecule has 15 heavy (non-hydrogen) atoms. The van der Waals surface area contributed by atoms with Gasteiger partial charge in [0.1, 0.15) is 6.04 Å². The van der Waals surface area contributed by atoms with E-state index in [1.54, 1.807) is 14.0 Å². The minimum atomic E-state index is -0.397. The van der Waals surface area contributed by atoms with Crippen LogP contribution in [0, 0.1) is 0 Å². The summed E-state index contributed by atoms with van der Waals surface area (Å²) in [5, 5.41) is 2.79. The molecule has 0 bridgehead atoms. The summed E-state index contributed by atoms with van der Waals surface area (Å²) in [5.74, 6) is -0.0825. The highest BCUT2D eigenvalue weighted by Gasteiger charge is 2.21. The summed E-state index contributed by atoms with van der Waals surface area (Å²) in [4.78, 5) is 24.6. The molecular formula is C11H22N2O2. The summed E-state index contributed by atoms with van der Waals surface area (Å²) in [6.07, 6.45) is 1.30. The SMILES string of the molecule is CCCC(=O)N(C)C(C)C(=O)NC(C)C. The summed E-state index contributed by atoms with van der Waals surface area (Å²) in [7, 11) is 1.67. The minimum absolute atomic E-state index is 0.0175. The van der Waals surface area contributed by atoms with E-state index in [9.17, 15) is 9.59 Å². The number of carbonyl (C=O) groups is 2. The molecule has 0 aliphatic carbocycles. The molecule has 0 aromatic heterocycles. The lowest BCUT2D eigenvalue weighted by atomic mass is 10.2. The van der Waals surface area contributed by atoms with Crippen LogP contribution in [0.2, 0.25) is 0 Å². The molecule has 0 aromatic rings. The number of hydrogen-bond acceptors (Lipinski definition) is 2. The second-order valence-electron chi connectivity index (χ2n) is 4.09. The summed E-state index contributed by atoms with van der Waals surface area (Å²) >= 11 is 0. The Morgan fingerprint density at radius 1 is 1.27 bits per heavy atom. The average molecular weight is 214 g/mol. The van der Waals surface area contributed by atoms with Gasteiger partial charge in [0, 0.05) is 19.5 Å². The fourth-order valence-electron chi connectivity index (χ4n) is 1.19. The molecule has 1 unspecified atom stereocenters. The Balaban J connectivity index is 4.24. The van der Waals surface area contributed by atoms with Gasteiger partial charge < -0.3 is 10.2 Å². The van der Waals surface area contributed by atoms with E-state index in [1.165, 1.54) is 4.90 Å². The first-order chi connectivity index (χ1) is 6.90. The summed E-state index contributed by atoms with van der Waals surface area (Å²) in [6, 6.07) is -0.291. The van der Waals surface area contributed by atoms with Gasteiger partial charge in [0.2, 0.25) is 11.8 Å². The molecule has 0 aromatic carbocycles. The third kappa shape index (κ3) is 4.81. The number of nitrogens with zero attached hydrogens (tertiary/aromatic N) is 1. The molecule has 0 heterocycles. The monoisotopic (exact) mass is 214 g/mol. The molecule has 1 N–H and O–H groups in total. The van der Waals surface area contributed by atoms with Crippen molar-refractivity contribution >= 4 is 11.8 Å². The Labute approximate surface area is 92.0 Å². The zero-order chi connectivity index (χ0) is 12.0. The molecule has 4 heteroatoms. The van der Waals surface area contributed by atoms with Crippen molar-refractivity contribution in [2.75, 3.05) is 7.05 Å². The minimum Gasteiger partial charge on any atom is -0.352 e.